The molecule has 1 aliphatic rings. The molecule has 1 aliphatic heterocycles. The van der Waals surface area contributed by atoms with Gasteiger partial charge in [0.2, 0.25) is 0 Å². The van der Waals surface area contributed by atoms with E-state index in [1.165, 1.54) is 4.90 Å². The van der Waals surface area contributed by atoms with Crippen LogP contribution in [0.4, 0.5) is 9.18 Å². The fourth-order valence-electron chi connectivity index (χ4n) is 5.75. The van der Waals surface area contributed by atoms with Crippen molar-refractivity contribution >= 4 is 33.4 Å². The normalized spacial score (nSPS) is 16.6. The minimum absolute atomic E-state index is 0.107. The number of halogens is 1. The number of ether oxygens (including phenoxy) is 4. The zero-order valence-electron chi connectivity index (χ0n) is 25.3. The van der Waals surface area contributed by atoms with Crippen LogP contribution in [-0.4, -0.2) is 71.1 Å². The molecule has 0 radical (unpaired) electrons. The van der Waals surface area contributed by atoms with Crippen molar-refractivity contribution in [3.05, 3.63) is 103 Å². The second kappa shape index (κ2) is 13.0. The molecule has 3 aromatic heterocycles. The molecule has 6 aromatic rings. The number of methoxy groups -OCH3 is 1. The minimum Gasteiger partial charge on any atom is -0.491 e. The summed E-state index contributed by atoms with van der Waals surface area (Å²) in [6.07, 6.45) is 1.32. The van der Waals surface area contributed by atoms with Crippen LogP contribution < -0.4 is 9.47 Å². The van der Waals surface area contributed by atoms with Gasteiger partial charge in [0.05, 0.1) is 30.7 Å². The zero-order chi connectivity index (χ0) is 31.5. The number of para-hydroxylation sites is 1. The number of carbonyl (C=O) groups excluding carboxylic acids is 1. The van der Waals surface area contributed by atoms with Gasteiger partial charge in [0, 0.05) is 37.7 Å². The second-order valence-corrected chi connectivity index (χ2v) is 11.2. The fraction of sp³-hybridized carbons (Fsp3) is 0.250. The first-order valence-electron chi connectivity index (χ1n) is 15.2. The molecule has 0 aliphatic carbocycles. The molecule has 1 saturated heterocycles. The number of carbonyl (C=O) groups is 1. The number of rotatable bonds is 9. The van der Waals surface area contributed by atoms with Crippen LogP contribution in [-0.2, 0) is 16.1 Å². The van der Waals surface area contributed by atoms with Crippen molar-refractivity contribution in [2.24, 2.45) is 0 Å². The maximum Gasteiger partial charge on any atom is 0.410 e. The molecule has 4 heterocycles. The number of fused-ring (bicyclic) bond motifs is 3. The molecule has 46 heavy (non-hydrogen) atoms. The lowest BCUT2D eigenvalue weighted by Crippen LogP contribution is -2.49. The van der Waals surface area contributed by atoms with Crippen molar-refractivity contribution in [1.29, 1.82) is 0 Å². The maximum absolute atomic E-state index is 15.5. The molecule has 1 fully saturated rings. The van der Waals surface area contributed by atoms with Crippen molar-refractivity contribution < 1.29 is 28.1 Å². The van der Waals surface area contributed by atoms with Gasteiger partial charge >= 0.3 is 6.09 Å². The van der Waals surface area contributed by atoms with Crippen LogP contribution in [0.5, 0.6) is 11.5 Å². The Labute approximate surface area is 265 Å². The third-order valence-electron chi connectivity index (χ3n) is 8.18. The van der Waals surface area contributed by atoms with Crippen molar-refractivity contribution in [1.82, 2.24) is 19.3 Å². The summed E-state index contributed by atoms with van der Waals surface area (Å²) in [7, 11) is 1.63. The van der Waals surface area contributed by atoms with Crippen molar-refractivity contribution in [2.45, 2.75) is 25.3 Å². The smallest absolute Gasteiger partial charge is 0.410 e. The molecule has 2 unspecified atom stereocenters. The Morgan fingerprint density at radius 1 is 0.957 bits per heavy atom. The number of imidazole rings is 1. The number of amides is 1. The molecule has 0 bridgehead atoms. The largest absolute Gasteiger partial charge is 0.491 e. The molecule has 1 amide bonds. The van der Waals surface area contributed by atoms with E-state index in [2.05, 4.69) is 4.98 Å². The van der Waals surface area contributed by atoms with Gasteiger partial charge in [-0.05, 0) is 40.6 Å². The van der Waals surface area contributed by atoms with Crippen molar-refractivity contribution in [3.8, 4) is 22.9 Å². The van der Waals surface area contributed by atoms with Crippen LogP contribution >= 0.6 is 0 Å². The average Bonchev–Trinajstić information content (AvgIpc) is 3.51. The molecule has 7 rings (SSSR count). The predicted molar refractivity (Wildman–Crippen MR) is 173 cm³/mol. The van der Waals surface area contributed by atoms with Crippen LogP contribution in [0.15, 0.2) is 97.3 Å². The summed E-state index contributed by atoms with van der Waals surface area (Å²) < 4.78 is 39.9. The van der Waals surface area contributed by atoms with Crippen molar-refractivity contribution in [3.63, 3.8) is 0 Å². The van der Waals surface area contributed by atoms with E-state index in [9.17, 15) is 4.79 Å². The third-order valence-corrected chi connectivity index (χ3v) is 8.18. The van der Waals surface area contributed by atoms with E-state index in [0.29, 0.717) is 48.9 Å². The molecule has 0 N–H and O–H groups in total. The Kier molecular flexibility index (Phi) is 8.35. The predicted octanol–water partition coefficient (Wildman–Crippen LogP) is 6.86. The van der Waals surface area contributed by atoms with E-state index in [-0.39, 0.29) is 13.2 Å². The van der Waals surface area contributed by atoms with Crippen LogP contribution in [0.1, 0.15) is 12.0 Å². The van der Waals surface area contributed by atoms with Gasteiger partial charge in [0.25, 0.3) is 0 Å². The lowest BCUT2D eigenvalue weighted by Gasteiger charge is -2.34. The number of aromatic nitrogens is 3. The van der Waals surface area contributed by atoms with Gasteiger partial charge in [0.1, 0.15) is 42.0 Å². The Hall–Kier alpha value is -5.22. The molecule has 234 valence electrons. The summed E-state index contributed by atoms with van der Waals surface area (Å²) in [6.45, 7) is 1.28. The van der Waals surface area contributed by atoms with Crippen LogP contribution in [0.2, 0.25) is 0 Å². The topological polar surface area (TPSA) is 87.4 Å². The number of hydrogen-bond acceptors (Lipinski definition) is 7. The van der Waals surface area contributed by atoms with Gasteiger partial charge in [-0.3, -0.25) is 4.40 Å². The van der Waals surface area contributed by atoms with E-state index >= 15 is 4.39 Å². The Morgan fingerprint density at radius 3 is 2.67 bits per heavy atom. The fourth-order valence-corrected chi connectivity index (χ4v) is 5.75. The van der Waals surface area contributed by atoms with Crippen LogP contribution in [0.25, 0.3) is 38.7 Å². The first-order chi connectivity index (χ1) is 22.6. The Morgan fingerprint density at radius 2 is 1.80 bits per heavy atom. The van der Waals surface area contributed by atoms with Gasteiger partial charge in [-0.2, -0.15) is 0 Å². The number of hydrogen-bond donors (Lipinski definition) is 0. The number of pyridine rings is 2. The van der Waals surface area contributed by atoms with E-state index < -0.39 is 18.4 Å². The monoisotopic (exact) mass is 620 g/mol. The van der Waals surface area contributed by atoms with E-state index in [1.807, 2.05) is 89.5 Å². The molecule has 3 aromatic carbocycles. The van der Waals surface area contributed by atoms with E-state index in [0.717, 1.165) is 33.1 Å². The van der Waals surface area contributed by atoms with Crippen molar-refractivity contribution in [2.75, 3.05) is 33.4 Å². The highest BCUT2D eigenvalue weighted by Crippen LogP contribution is 2.31. The second-order valence-electron chi connectivity index (χ2n) is 11.2. The number of nitrogens with zero attached hydrogens (tertiary/aromatic N) is 4. The zero-order valence-corrected chi connectivity index (χ0v) is 25.3. The molecule has 9 nitrogen and oxygen atoms in total. The molecular weight excluding hydrogens is 587 g/mol. The number of likely N-dealkylation sites (tertiary alicyclic amines) is 1. The maximum atomic E-state index is 15.5. The quantitative estimate of drug-likeness (QED) is 0.163. The third kappa shape index (κ3) is 6.16. The summed E-state index contributed by atoms with van der Waals surface area (Å²) in [4.78, 5) is 23.7. The summed E-state index contributed by atoms with van der Waals surface area (Å²) in [5, 5.41) is 3.06. The Bertz CT molecular complexity index is 2010. The summed E-state index contributed by atoms with van der Waals surface area (Å²) in [6, 6.07) is 27.2. The standard InChI is InChI=1S/C36H33FN4O5/c1-43-17-18-44-28-13-16-41-31(21-38-34(41)20-28)30-12-11-26-7-4-8-33(35(26)39-30)46-32-14-15-40(22-29(32)37)36(42)45-23-24-9-10-25-5-2-3-6-27(25)19-24/h2-13,16,19-21,29,32H,14-15,17-18,22-23H2,1H3. The first-order valence-corrected chi connectivity index (χ1v) is 15.2. The van der Waals surface area contributed by atoms with Gasteiger partial charge in [-0.25, -0.2) is 19.2 Å². The number of alkyl halides is 1. The van der Waals surface area contributed by atoms with Gasteiger partial charge in [-0.1, -0.05) is 54.6 Å². The van der Waals surface area contributed by atoms with Crippen LogP contribution in [0.3, 0.4) is 0 Å². The molecule has 2 atom stereocenters. The van der Waals surface area contributed by atoms with E-state index in [4.69, 9.17) is 23.9 Å². The minimum atomic E-state index is -1.39. The summed E-state index contributed by atoms with van der Waals surface area (Å²) in [5.74, 6) is 1.19. The molecule has 10 heteroatoms. The average molecular weight is 621 g/mol. The highest BCUT2D eigenvalue weighted by molar-refractivity contribution is 5.87. The SMILES string of the molecule is COCCOc1ccn2c(-c3ccc4cccc(OC5CCN(C(=O)OCc6ccc7ccccc7c6)CC5F)c4n3)cnc2c1. The van der Waals surface area contributed by atoms with Gasteiger partial charge in [0.15, 0.2) is 6.17 Å². The summed E-state index contributed by atoms with van der Waals surface area (Å²) in [5.41, 5.74) is 3.72. The highest BCUT2D eigenvalue weighted by Gasteiger charge is 2.34. The molecule has 0 spiro atoms. The number of piperidine rings is 1. The van der Waals surface area contributed by atoms with Crippen LogP contribution in [0, 0.1) is 0 Å². The first kappa shape index (κ1) is 29.5. The molecule has 0 saturated carbocycles. The highest BCUT2D eigenvalue weighted by atomic mass is 19.1. The lowest BCUT2D eigenvalue weighted by atomic mass is 10.1. The summed E-state index contributed by atoms with van der Waals surface area (Å²) >= 11 is 0. The van der Waals surface area contributed by atoms with Gasteiger partial charge in [-0.15, -0.1) is 0 Å². The van der Waals surface area contributed by atoms with Gasteiger partial charge < -0.3 is 23.8 Å². The lowest BCUT2D eigenvalue weighted by molar-refractivity contribution is 0.0153. The molecular formula is C36H33FN4O5. The number of benzene rings is 3. The Balaban J connectivity index is 1.02. The van der Waals surface area contributed by atoms with E-state index in [1.54, 1.807) is 19.4 Å².